The van der Waals surface area contributed by atoms with E-state index in [-0.39, 0.29) is 0 Å². The molecule has 0 aromatic heterocycles. The normalized spacial score (nSPS) is 43.0. The van der Waals surface area contributed by atoms with E-state index in [9.17, 15) is 0 Å². The van der Waals surface area contributed by atoms with Gasteiger partial charge in [0, 0.05) is 0 Å². The first-order valence-electron chi connectivity index (χ1n) is 5.66. The molecule has 2 aliphatic carbocycles. The highest BCUT2D eigenvalue weighted by Crippen LogP contribution is 2.50. The Hall–Kier alpha value is -0.0400. The molecule has 3 rings (SSSR count). The highest BCUT2D eigenvalue weighted by Gasteiger charge is 2.43. The minimum Gasteiger partial charge on any atom is -0.316 e. The maximum absolute atomic E-state index is 3.57. The van der Waals surface area contributed by atoms with Crippen molar-refractivity contribution in [3.63, 3.8) is 0 Å². The summed E-state index contributed by atoms with van der Waals surface area (Å²) in [5, 5.41) is 3.57. The van der Waals surface area contributed by atoms with Crippen molar-refractivity contribution in [1.29, 1.82) is 0 Å². The van der Waals surface area contributed by atoms with Crippen LogP contribution in [0.3, 0.4) is 0 Å². The summed E-state index contributed by atoms with van der Waals surface area (Å²) in [7, 11) is 0. The van der Waals surface area contributed by atoms with Crippen LogP contribution in [0.2, 0.25) is 0 Å². The van der Waals surface area contributed by atoms with Crippen LogP contribution in [-0.4, -0.2) is 13.1 Å². The molecule has 1 heterocycles. The Morgan fingerprint density at radius 2 is 1.42 bits per heavy atom. The molecule has 0 aromatic carbocycles. The molecule has 1 saturated heterocycles. The second-order valence-corrected chi connectivity index (χ2v) is 5.00. The molecule has 0 amide bonds. The molecule has 12 heavy (non-hydrogen) atoms. The Kier molecular flexibility index (Phi) is 1.68. The fourth-order valence-electron chi connectivity index (χ4n) is 3.05. The lowest BCUT2D eigenvalue weighted by molar-refractivity contribution is 0.202. The van der Waals surface area contributed by atoms with Gasteiger partial charge < -0.3 is 5.32 Å². The zero-order chi connectivity index (χ0) is 7.97. The first-order valence-corrected chi connectivity index (χ1v) is 5.66. The lowest BCUT2D eigenvalue weighted by Gasteiger charge is -2.32. The van der Waals surface area contributed by atoms with Crippen molar-refractivity contribution in [2.24, 2.45) is 23.7 Å². The predicted octanol–water partition coefficient (Wildman–Crippen LogP) is 2.03. The van der Waals surface area contributed by atoms with Crippen LogP contribution in [-0.2, 0) is 0 Å². The molecule has 0 spiro atoms. The summed E-state index contributed by atoms with van der Waals surface area (Å²) in [5.41, 5.74) is 0. The van der Waals surface area contributed by atoms with Crippen molar-refractivity contribution in [2.75, 3.05) is 13.1 Å². The largest absolute Gasteiger partial charge is 0.316 e. The van der Waals surface area contributed by atoms with E-state index in [1.807, 2.05) is 0 Å². The summed E-state index contributed by atoms with van der Waals surface area (Å²) < 4.78 is 0. The van der Waals surface area contributed by atoms with Crippen LogP contribution in [0.15, 0.2) is 0 Å². The van der Waals surface area contributed by atoms with Crippen LogP contribution in [0.1, 0.15) is 32.1 Å². The van der Waals surface area contributed by atoms with Gasteiger partial charge in [-0.15, -0.1) is 0 Å². The topological polar surface area (TPSA) is 12.0 Å². The van der Waals surface area contributed by atoms with Gasteiger partial charge in [0.25, 0.3) is 0 Å². The van der Waals surface area contributed by atoms with Crippen molar-refractivity contribution in [3.05, 3.63) is 0 Å². The summed E-state index contributed by atoms with van der Waals surface area (Å²) in [5.74, 6) is 4.48. The standard InChI is InChI=1S/C11H19N/c1-2-8(1)10-5-6-12-7-11(10)9-3-4-9/h8-12H,1-7H2. The zero-order valence-electron chi connectivity index (χ0n) is 7.76. The van der Waals surface area contributed by atoms with Gasteiger partial charge in [-0.3, -0.25) is 0 Å². The number of rotatable bonds is 2. The van der Waals surface area contributed by atoms with Crippen molar-refractivity contribution < 1.29 is 0 Å². The number of nitrogens with one attached hydrogen (secondary N) is 1. The van der Waals surface area contributed by atoms with E-state index in [2.05, 4.69) is 5.32 Å². The van der Waals surface area contributed by atoms with Gasteiger partial charge in [0.15, 0.2) is 0 Å². The predicted molar refractivity (Wildman–Crippen MR) is 49.9 cm³/mol. The van der Waals surface area contributed by atoms with Crippen molar-refractivity contribution in [2.45, 2.75) is 32.1 Å². The number of hydrogen-bond acceptors (Lipinski definition) is 1. The Bertz CT molecular complexity index is 150. The Labute approximate surface area is 74.9 Å². The van der Waals surface area contributed by atoms with Crippen LogP contribution in [0.25, 0.3) is 0 Å². The molecule has 2 saturated carbocycles. The third-order valence-electron chi connectivity index (χ3n) is 4.04. The molecule has 68 valence electrons. The Balaban J connectivity index is 1.68. The molecular formula is C11H19N. The SMILES string of the molecule is C1CC(C2CC2)C(C2CC2)CN1. The van der Waals surface area contributed by atoms with Gasteiger partial charge in [0.05, 0.1) is 0 Å². The highest BCUT2D eigenvalue weighted by atomic mass is 14.9. The molecule has 0 aromatic rings. The van der Waals surface area contributed by atoms with E-state index in [4.69, 9.17) is 0 Å². The van der Waals surface area contributed by atoms with Crippen molar-refractivity contribution in [3.8, 4) is 0 Å². The molecule has 1 aliphatic heterocycles. The van der Waals surface area contributed by atoms with E-state index >= 15 is 0 Å². The van der Waals surface area contributed by atoms with Crippen LogP contribution >= 0.6 is 0 Å². The summed E-state index contributed by atoms with van der Waals surface area (Å²) in [6, 6.07) is 0. The molecular weight excluding hydrogens is 146 g/mol. The minimum absolute atomic E-state index is 1.08. The molecule has 2 atom stereocenters. The molecule has 0 bridgehead atoms. The summed E-state index contributed by atoms with van der Waals surface area (Å²) >= 11 is 0. The van der Waals surface area contributed by atoms with Gasteiger partial charge in [0.2, 0.25) is 0 Å². The first kappa shape index (κ1) is 7.37. The fourth-order valence-corrected chi connectivity index (χ4v) is 3.05. The monoisotopic (exact) mass is 165 g/mol. The third kappa shape index (κ3) is 1.28. The molecule has 1 heteroatoms. The first-order chi connectivity index (χ1) is 5.95. The highest BCUT2D eigenvalue weighted by molar-refractivity contribution is 4.95. The Morgan fingerprint density at radius 1 is 0.750 bits per heavy atom. The summed E-state index contributed by atoms with van der Waals surface area (Å²) in [4.78, 5) is 0. The smallest absolute Gasteiger partial charge is 0.00151 e. The molecule has 1 N–H and O–H groups in total. The van der Waals surface area contributed by atoms with Crippen LogP contribution in [0.5, 0.6) is 0 Å². The quantitative estimate of drug-likeness (QED) is 0.660. The minimum atomic E-state index is 1.08. The van der Waals surface area contributed by atoms with Gasteiger partial charge in [-0.2, -0.15) is 0 Å². The average Bonchev–Trinajstić information content (AvgIpc) is 2.99. The summed E-state index contributed by atoms with van der Waals surface area (Å²) in [6.45, 7) is 2.64. The maximum Gasteiger partial charge on any atom is -0.00151 e. The molecule has 0 radical (unpaired) electrons. The average molecular weight is 165 g/mol. The molecule has 2 unspecified atom stereocenters. The van der Waals surface area contributed by atoms with Gasteiger partial charge in [0.1, 0.15) is 0 Å². The van der Waals surface area contributed by atoms with E-state index in [1.54, 1.807) is 12.8 Å². The fraction of sp³-hybridized carbons (Fsp3) is 1.00. The van der Waals surface area contributed by atoms with Crippen LogP contribution in [0.4, 0.5) is 0 Å². The van der Waals surface area contributed by atoms with E-state index in [1.165, 1.54) is 32.4 Å². The van der Waals surface area contributed by atoms with Gasteiger partial charge in [-0.1, -0.05) is 0 Å². The second kappa shape index (κ2) is 2.73. The zero-order valence-corrected chi connectivity index (χ0v) is 7.76. The van der Waals surface area contributed by atoms with Gasteiger partial charge in [-0.25, -0.2) is 0 Å². The lowest BCUT2D eigenvalue weighted by atomic mass is 9.80. The van der Waals surface area contributed by atoms with E-state index in [0.717, 1.165) is 23.7 Å². The number of piperidine rings is 1. The molecule has 1 nitrogen and oxygen atoms in total. The summed E-state index contributed by atoms with van der Waals surface area (Å²) in [6.07, 6.45) is 7.65. The van der Waals surface area contributed by atoms with Crippen molar-refractivity contribution >= 4 is 0 Å². The van der Waals surface area contributed by atoms with Crippen LogP contribution in [0, 0.1) is 23.7 Å². The molecule has 3 aliphatic rings. The van der Waals surface area contributed by atoms with E-state index < -0.39 is 0 Å². The lowest BCUT2D eigenvalue weighted by Crippen LogP contribution is -2.38. The van der Waals surface area contributed by atoms with Gasteiger partial charge >= 0.3 is 0 Å². The third-order valence-corrected chi connectivity index (χ3v) is 4.04. The van der Waals surface area contributed by atoms with E-state index in [0.29, 0.717) is 0 Å². The maximum atomic E-state index is 3.57. The van der Waals surface area contributed by atoms with Crippen LogP contribution < -0.4 is 5.32 Å². The number of hydrogen-bond donors (Lipinski definition) is 1. The van der Waals surface area contributed by atoms with Crippen molar-refractivity contribution in [1.82, 2.24) is 5.32 Å². The van der Waals surface area contributed by atoms with Gasteiger partial charge in [-0.05, 0) is 68.9 Å². The molecule has 3 fully saturated rings. The Morgan fingerprint density at radius 3 is 2.08 bits per heavy atom. The second-order valence-electron chi connectivity index (χ2n) is 5.00.